The standard InChI is InChI=1S/C18H22N2O/c1-3-19-18(21)13-15-9-11-17(12-10-15)20-14(2)16-7-5-4-6-8-16/h4-12,14,20H,3,13H2,1-2H3,(H,19,21). The van der Waals surface area contributed by atoms with E-state index in [4.69, 9.17) is 0 Å². The minimum Gasteiger partial charge on any atom is -0.379 e. The molecule has 3 nitrogen and oxygen atoms in total. The van der Waals surface area contributed by atoms with Gasteiger partial charge < -0.3 is 10.6 Å². The molecule has 110 valence electrons. The molecule has 2 aromatic carbocycles. The SMILES string of the molecule is CCNC(=O)Cc1ccc(NC(C)c2ccccc2)cc1. The highest BCUT2D eigenvalue weighted by atomic mass is 16.1. The Morgan fingerprint density at radius 1 is 1.05 bits per heavy atom. The molecule has 0 radical (unpaired) electrons. The Morgan fingerprint density at radius 3 is 2.33 bits per heavy atom. The third kappa shape index (κ3) is 4.63. The molecule has 0 aromatic heterocycles. The zero-order valence-electron chi connectivity index (χ0n) is 12.6. The number of likely N-dealkylation sites (N-methyl/N-ethyl adjacent to an activating group) is 1. The second kappa shape index (κ2) is 7.48. The first kappa shape index (κ1) is 15.1. The summed E-state index contributed by atoms with van der Waals surface area (Å²) in [6, 6.07) is 18.6. The molecule has 2 aromatic rings. The summed E-state index contributed by atoms with van der Waals surface area (Å²) in [5.74, 6) is 0.0656. The van der Waals surface area contributed by atoms with Crippen molar-refractivity contribution < 1.29 is 4.79 Å². The van der Waals surface area contributed by atoms with Gasteiger partial charge in [0.25, 0.3) is 0 Å². The number of rotatable bonds is 6. The fourth-order valence-corrected chi connectivity index (χ4v) is 2.24. The fourth-order valence-electron chi connectivity index (χ4n) is 2.24. The van der Waals surface area contributed by atoms with Crippen molar-refractivity contribution in [3.05, 3.63) is 65.7 Å². The summed E-state index contributed by atoms with van der Waals surface area (Å²) in [5.41, 5.74) is 3.34. The highest BCUT2D eigenvalue weighted by molar-refractivity contribution is 5.78. The van der Waals surface area contributed by atoms with Gasteiger partial charge in [-0.1, -0.05) is 42.5 Å². The summed E-state index contributed by atoms with van der Waals surface area (Å²) in [5, 5.41) is 6.27. The van der Waals surface area contributed by atoms with Crippen molar-refractivity contribution in [2.45, 2.75) is 26.3 Å². The molecule has 1 unspecified atom stereocenters. The number of nitrogens with one attached hydrogen (secondary N) is 2. The van der Waals surface area contributed by atoms with Gasteiger partial charge >= 0.3 is 0 Å². The lowest BCUT2D eigenvalue weighted by Crippen LogP contribution is -2.24. The van der Waals surface area contributed by atoms with E-state index in [1.807, 2.05) is 49.4 Å². The van der Waals surface area contributed by atoms with Gasteiger partial charge in [0.15, 0.2) is 0 Å². The third-order valence-electron chi connectivity index (χ3n) is 3.38. The van der Waals surface area contributed by atoms with E-state index in [1.54, 1.807) is 0 Å². The maximum Gasteiger partial charge on any atom is 0.224 e. The van der Waals surface area contributed by atoms with Crippen LogP contribution in [0.25, 0.3) is 0 Å². The van der Waals surface area contributed by atoms with Gasteiger partial charge in [0, 0.05) is 18.3 Å². The Bertz CT molecular complexity index is 564. The number of hydrogen-bond donors (Lipinski definition) is 2. The predicted molar refractivity (Wildman–Crippen MR) is 87.3 cm³/mol. The van der Waals surface area contributed by atoms with E-state index >= 15 is 0 Å². The Balaban J connectivity index is 1.95. The molecule has 2 N–H and O–H groups in total. The van der Waals surface area contributed by atoms with Gasteiger partial charge in [0.05, 0.1) is 6.42 Å². The van der Waals surface area contributed by atoms with E-state index in [-0.39, 0.29) is 11.9 Å². The molecule has 3 heteroatoms. The Labute approximate surface area is 126 Å². The highest BCUT2D eigenvalue weighted by Gasteiger charge is 2.05. The lowest BCUT2D eigenvalue weighted by molar-refractivity contribution is -0.120. The summed E-state index contributed by atoms with van der Waals surface area (Å²) in [4.78, 5) is 11.5. The zero-order chi connectivity index (χ0) is 15.1. The molecule has 0 fully saturated rings. The van der Waals surface area contributed by atoms with Crippen molar-refractivity contribution in [1.29, 1.82) is 0 Å². The Kier molecular flexibility index (Phi) is 5.38. The minimum atomic E-state index is 0.0656. The van der Waals surface area contributed by atoms with Crippen LogP contribution < -0.4 is 10.6 Å². The van der Waals surface area contributed by atoms with Gasteiger partial charge in [-0.2, -0.15) is 0 Å². The van der Waals surface area contributed by atoms with Crippen LogP contribution in [0.3, 0.4) is 0 Å². The van der Waals surface area contributed by atoms with E-state index in [9.17, 15) is 4.79 Å². The second-order valence-corrected chi connectivity index (χ2v) is 5.10. The third-order valence-corrected chi connectivity index (χ3v) is 3.38. The van der Waals surface area contributed by atoms with Gasteiger partial charge in [0.1, 0.15) is 0 Å². The first-order valence-corrected chi connectivity index (χ1v) is 7.36. The molecular formula is C18H22N2O. The molecule has 0 heterocycles. The number of anilines is 1. The minimum absolute atomic E-state index is 0.0656. The lowest BCUT2D eigenvalue weighted by atomic mass is 10.1. The van der Waals surface area contributed by atoms with Crippen LogP contribution in [-0.4, -0.2) is 12.5 Å². The molecule has 21 heavy (non-hydrogen) atoms. The molecule has 0 aliphatic rings. The molecular weight excluding hydrogens is 260 g/mol. The van der Waals surface area contributed by atoms with Crippen molar-refractivity contribution in [3.63, 3.8) is 0 Å². The van der Waals surface area contributed by atoms with Crippen LogP contribution >= 0.6 is 0 Å². The van der Waals surface area contributed by atoms with Crippen LogP contribution in [0, 0.1) is 0 Å². The summed E-state index contributed by atoms with van der Waals surface area (Å²) >= 11 is 0. The lowest BCUT2D eigenvalue weighted by Gasteiger charge is -2.16. The van der Waals surface area contributed by atoms with E-state index in [1.165, 1.54) is 5.56 Å². The number of carbonyl (C=O) groups excluding carboxylic acids is 1. The molecule has 0 saturated heterocycles. The Morgan fingerprint density at radius 2 is 1.71 bits per heavy atom. The van der Waals surface area contributed by atoms with Gasteiger partial charge in [-0.25, -0.2) is 0 Å². The maximum atomic E-state index is 11.5. The number of carbonyl (C=O) groups is 1. The van der Waals surface area contributed by atoms with Gasteiger partial charge in [-0.05, 0) is 37.1 Å². The number of hydrogen-bond acceptors (Lipinski definition) is 2. The smallest absolute Gasteiger partial charge is 0.224 e. The van der Waals surface area contributed by atoms with Crippen molar-refractivity contribution in [3.8, 4) is 0 Å². The molecule has 0 bridgehead atoms. The molecule has 0 saturated carbocycles. The van der Waals surface area contributed by atoms with E-state index in [0.29, 0.717) is 13.0 Å². The van der Waals surface area contributed by atoms with Crippen LogP contribution in [-0.2, 0) is 11.2 Å². The van der Waals surface area contributed by atoms with Crippen LogP contribution in [0.2, 0.25) is 0 Å². The molecule has 0 aliphatic heterocycles. The molecule has 1 amide bonds. The fraction of sp³-hybridized carbons (Fsp3) is 0.278. The van der Waals surface area contributed by atoms with Crippen LogP contribution in [0.15, 0.2) is 54.6 Å². The van der Waals surface area contributed by atoms with Gasteiger partial charge in [-0.3, -0.25) is 4.79 Å². The number of amides is 1. The topological polar surface area (TPSA) is 41.1 Å². The van der Waals surface area contributed by atoms with E-state index in [0.717, 1.165) is 11.3 Å². The van der Waals surface area contributed by atoms with Crippen LogP contribution in [0.5, 0.6) is 0 Å². The average Bonchev–Trinajstić information content (AvgIpc) is 2.50. The quantitative estimate of drug-likeness (QED) is 0.851. The summed E-state index contributed by atoms with van der Waals surface area (Å²) < 4.78 is 0. The van der Waals surface area contributed by atoms with Crippen molar-refractivity contribution in [2.24, 2.45) is 0 Å². The van der Waals surface area contributed by atoms with E-state index in [2.05, 4.69) is 29.7 Å². The highest BCUT2D eigenvalue weighted by Crippen LogP contribution is 2.19. The summed E-state index contributed by atoms with van der Waals surface area (Å²) in [6.07, 6.45) is 0.433. The van der Waals surface area contributed by atoms with Gasteiger partial charge in [0.2, 0.25) is 5.91 Å². The van der Waals surface area contributed by atoms with Crippen molar-refractivity contribution >= 4 is 11.6 Å². The molecule has 0 aliphatic carbocycles. The van der Waals surface area contributed by atoms with Gasteiger partial charge in [-0.15, -0.1) is 0 Å². The van der Waals surface area contributed by atoms with Crippen molar-refractivity contribution in [1.82, 2.24) is 5.32 Å². The average molecular weight is 282 g/mol. The first-order valence-electron chi connectivity index (χ1n) is 7.36. The van der Waals surface area contributed by atoms with Crippen molar-refractivity contribution in [2.75, 3.05) is 11.9 Å². The first-order chi connectivity index (χ1) is 10.2. The normalized spacial score (nSPS) is 11.7. The monoisotopic (exact) mass is 282 g/mol. The van der Waals surface area contributed by atoms with E-state index < -0.39 is 0 Å². The zero-order valence-corrected chi connectivity index (χ0v) is 12.6. The molecule has 1 atom stereocenters. The van der Waals surface area contributed by atoms with Crippen LogP contribution in [0.1, 0.15) is 31.0 Å². The second-order valence-electron chi connectivity index (χ2n) is 5.10. The Hall–Kier alpha value is -2.29. The summed E-state index contributed by atoms with van der Waals surface area (Å²) in [6.45, 7) is 4.74. The summed E-state index contributed by atoms with van der Waals surface area (Å²) in [7, 11) is 0. The van der Waals surface area contributed by atoms with Crippen LogP contribution in [0.4, 0.5) is 5.69 Å². The molecule has 0 spiro atoms. The number of benzene rings is 2. The molecule has 2 rings (SSSR count). The maximum absolute atomic E-state index is 11.5. The predicted octanol–water partition coefficient (Wildman–Crippen LogP) is 3.54. The largest absolute Gasteiger partial charge is 0.379 e.